The molecule has 0 saturated carbocycles. The van der Waals surface area contributed by atoms with Crippen LogP contribution in [0.3, 0.4) is 0 Å². The lowest BCUT2D eigenvalue weighted by Gasteiger charge is -2.04. The first kappa shape index (κ1) is 12.6. The van der Waals surface area contributed by atoms with Crippen LogP contribution < -0.4 is 0 Å². The zero-order valence-electron chi connectivity index (χ0n) is 8.63. The normalized spacial score (nSPS) is 9.50. The SMILES string of the molecule is O=COCSCC(=O)OCc1ccccc1. The molecule has 0 N–H and O–H groups in total. The maximum Gasteiger partial charge on any atom is 0.316 e. The van der Waals surface area contributed by atoms with E-state index < -0.39 is 0 Å². The van der Waals surface area contributed by atoms with E-state index in [0.29, 0.717) is 6.47 Å². The van der Waals surface area contributed by atoms with E-state index >= 15 is 0 Å². The van der Waals surface area contributed by atoms with Crippen molar-refractivity contribution in [3.05, 3.63) is 35.9 Å². The molecule has 86 valence electrons. The molecule has 0 aromatic heterocycles. The van der Waals surface area contributed by atoms with Gasteiger partial charge >= 0.3 is 5.97 Å². The highest BCUT2D eigenvalue weighted by molar-refractivity contribution is 7.99. The fourth-order valence-electron chi connectivity index (χ4n) is 0.981. The van der Waals surface area contributed by atoms with Crippen molar-refractivity contribution in [2.24, 2.45) is 0 Å². The molecule has 1 aromatic rings. The summed E-state index contributed by atoms with van der Waals surface area (Å²) in [4.78, 5) is 21.0. The molecule has 16 heavy (non-hydrogen) atoms. The lowest BCUT2D eigenvalue weighted by atomic mass is 10.2. The molecule has 1 rings (SSSR count). The van der Waals surface area contributed by atoms with E-state index in [0.717, 1.165) is 5.56 Å². The van der Waals surface area contributed by atoms with Gasteiger partial charge in [0, 0.05) is 0 Å². The Morgan fingerprint density at radius 3 is 2.75 bits per heavy atom. The van der Waals surface area contributed by atoms with Gasteiger partial charge in [-0.25, -0.2) is 0 Å². The molecule has 1 aromatic carbocycles. The lowest BCUT2D eigenvalue weighted by molar-refractivity contribution is -0.141. The van der Waals surface area contributed by atoms with E-state index in [1.165, 1.54) is 11.8 Å². The first-order chi connectivity index (χ1) is 7.83. The zero-order chi connectivity index (χ0) is 11.6. The van der Waals surface area contributed by atoms with Crippen LogP contribution in [0.1, 0.15) is 5.56 Å². The number of rotatable bonds is 7. The van der Waals surface area contributed by atoms with E-state index in [2.05, 4.69) is 4.74 Å². The van der Waals surface area contributed by atoms with Crippen LogP contribution in [0, 0.1) is 0 Å². The summed E-state index contributed by atoms with van der Waals surface area (Å²) >= 11 is 1.19. The maximum atomic E-state index is 11.2. The minimum atomic E-state index is -0.316. The van der Waals surface area contributed by atoms with Gasteiger partial charge in [0.2, 0.25) is 0 Å². The van der Waals surface area contributed by atoms with Gasteiger partial charge in [-0.15, -0.1) is 11.8 Å². The average Bonchev–Trinajstić information content (AvgIpc) is 2.33. The number of ether oxygens (including phenoxy) is 2. The maximum absolute atomic E-state index is 11.2. The third-order valence-electron chi connectivity index (χ3n) is 1.68. The first-order valence-electron chi connectivity index (χ1n) is 4.65. The fourth-order valence-corrected chi connectivity index (χ4v) is 1.47. The molecule has 0 aliphatic rings. The highest BCUT2D eigenvalue weighted by Crippen LogP contribution is 2.04. The largest absolute Gasteiger partial charge is 0.460 e. The van der Waals surface area contributed by atoms with Gasteiger partial charge in [-0.1, -0.05) is 30.3 Å². The Kier molecular flexibility index (Phi) is 6.10. The second-order valence-electron chi connectivity index (χ2n) is 2.88. The molecule has 0 amide bonds. The number of esters is 1. The van der Waals surface area contributed by atoms with Crippen molar-refractivity contribution in [2.45, 2.75) is 6.61 Å². The Labute approximate surface area is 97.9 Å². The number of thioether (sulfide) groups is 1. The Morgan fingerprint density at radius 2 is 2.06 bits per heavy atom. The van der Waals surface area contributed by atoms with Gasteiger partial charge in [-0.05, 0) is 5.56 Å². The van der Waals surface area contributed by atoms with Gasteiger partial charge in [-0.3, -0.25) is 9.59 Å². The summed E-state index contributed by atoms with van der Waals surface area (Å²) in [7, 11) is 0. The molecule has 0 fully saturated rings. The number of carbonyl (C=O) groups excluding carboxylic acids is 2. The summed E-state index contributed by atoms with van der Waals surface area (Å²) in [5, 5.41) is 0. The molecule has 0 bridgehead atoms. The Hall–Kier alpha value is -1.49. The standard InChI is InChI=1S/C11H12O4S/c12-8-14-9-16-7-11(13)15-6-10-4-2-1-3-5-10/h1-5,8H,6-7,9H2. The second kappa shape index (κ2) is 7.76. The topological polar surface area (TPSA) is 52.6 Å². The minimum Gasteiger partial charge on any atom is -0.460 e. The third kappa shape index (κ3) is 5.41. The van der Waals surface area contributed by atoms with Crippen molar-refractivity contribution < 1.29 is 19.1 Å². The molecule has 0 radical (unpaired) electrons. The van der Waals surface area contributed by atoms with Crippen LogP contribution in [-0.4, -0.2) is 24.1 Å². The van der Waals surface area contributed by atoms with E-state index in [4.69, 9.17) is 4.74 Å². The molecule has 0 heterocycles. The van der Waals surface area contributed by atoms with Crippen molar-refractivity contribution in [3.63, 3.8) is 0 Å². The fraction of sp³-hybridized carbons (Fsp3) is 0.273. The van der Waals surface area contributed by atoms with Crippen molar-refractivity contribution >= 4 is 24.2 Å². The monoisotopic (exact) mass is 240 g/mol. The predicted molar refractivity (Wildman–Crippen MR) is 60.7 cm³/mol. The summed E-state index contributed by atoms with van der Waals surface area (Å²) < 4.78 is 9.43. The van der Waals surface area contributed by atoms with E-state index in [9.17, 15) is 9.59 Å². The molecule has 5 heteroatoms. The first-order valence-corrected chi connectivity index (χ1v) is 5.81. The molecule has 0 aliphatic heterocycles. The molecule has 4 nitrogen and oxygen atoms in total. The van der Waals surface area contributed by atoms with Gasteiger partial charge in [0.05, 0.1) is 5.75 Å². The number of benzene rings is 1. The van der Waals surface area contributed by atoms with Crippen molar-refractivity contribution in [2.75, 3.05) is 11.7 Å². The summed E-state index contributed by atoms with van der Waals surface area (Å²) in [5.74, 6) is 0.0355. The Morgan fingerprint density at radius 1 is 1.31 bits per heavy atom. The number of carbonyl (C=O) groups is 2. The van der Waals surface area contributed by atoms with Crippen LogP contribution >= 0.6 is 11.8 Å². The molecular formula is C11H12O4S. The summed E-state index contributed by atoms with van der Waals surface area (Å²) in [5.41, 5.74) is 0.949. The van der Waals surface area contributed by atoms with Crippen molar-refractivity contribution in [1.29, 1.82) is 0 Å². The Bertz CT molecular complexity index is 326. The smallest absolute Gasteiger partial charge is 0.316 e. The Balaban J connectivity index is 2.13. The zero-order valence-corrected chi connectivity index (χ0v) is 9.44. The predicted octanol–water partition coefficient (Wildman–Crippen LogP) is 1.59. The van der Waals surface area contributed by atoms with Crippen molar-refractivity contribution in [1.82, 2.24) is 0 Å². The second-order valence-corrected chi connectivity index (χ2v) is 3.81. The van der Waals surface area contributed by atoms with Gasteiger partial charge < -0.3 is 9.47 Å². The number of hydrogen-bond acceptors (Lipinski definition) is 5. The van der Waals surface area contributed by atoms with E-state index in [1.54, 1.807) is 0 Å². The molecule has 0 unspecified atom stereocenters. The quantitative estimate of drug-likeness (QED) is 0.313. The van der Waals surface area contributed by atoms with Crippen LogP contribution in [0.4, 0.5) is 0 Å². The van der Waals surface area contributed by atoms with Crippen LogP contribution in [0.5, 0.6) is 0 Å². The molecular weight excluding hydrogens is 228 g/mol. The summed E-state index contributed by atoms with van der Waals surface area (Å²) in [6.45, 7) is 0.622. The minimum absolute atomic E-state index is 0.171. The van der Waals surface area contributed by atoms with Crippen LogP contribution in [0.15, 0.2) is 30.3 Å². The van der Waals surface area contributed by atoms with Crippen LogP contribution in [0.25, 0.3) is 0 Å². The summed E-state index contributed by atoms with van der Waals surface area (Å²) in [6.07, 6.45) is 0. The van der Waals surface area contributed by atoms with Gasteiger partial charge in [-0.2, -0.15) is 0 Å². The lowest BCUT2D eigenvalue weighted by Crippen LogP contribution is -2.08. The highest BCUT2D eigenvalue weighted by atomic mass is 32.2. The molecule has 0 spiro atoms. The highest BCUT2D eigenvalue weighted by Gasteiger charge is 2.03. The van der Waals surface area contributed by atoms with Gasteiger partial charge in [0.25, 0.3) is 6.47 Å². The van der Waals surface area contributed by atoms with Crippen LogP contribution in [0.2, 0.25) is 0 Å². The van der Waals surface area contributed by atoms with Gasteiger partial charge in [0.15, 0.2) is 0 Å². The third-order valence-corrected chi connectivity index (χ3v) is 2.42. The van der Waals surface area contributed by atoms with Crippen molar-refractivity contribution in [3.8, 4) is 0 Å². The summed E-state index contributed by atoms with van der Waals surface area (Å²) in [6, 6.07) is 9.44. The molecule has 0 aliphatic carbocycles. The molecule has 0 saturated heterocycles. The van der Waals surface area contributed by atoms with E-state index in [-0.39, 0.29) is 24.3 Å². The van der Waals surface area contributed by atoms with Gasteiger partial charge in [0.1, 0.15) is 12.5 Å². The molecule has 0 atom stereocenters. The number of hydrogen-bond donors (Lipinski definition) is 0. The average molecular weight is 240 g/mol. The van der Waals surface area contributed by atoms with Crippen LogP contribution in [-0.2, 0) is 25.7 Å². The van der Waals surface area contributed by atoms with E-state index in [1.807, 2.05) is 30.3 Å².